The highest BCUT2D eigenvalue weighted by Crippen LogP contribution is 2.27. The monoisotopic (exact) mass is 372 g/mol. The maximum Gasteiger partial charge on any atom is 0.308 e. The summed E-state index contributed by atoms with van der Waals surface area (Å²) in [6, 6.07) is 9.15. The number of amides is 1. The van der Waals surface area contributed by atoms with Gasteiger partial charge in [-0.1, -0.05) is 30.0 Å². The van der Waals surface area contributed by atoms with Gasteiger partial charge in [-0.25, -0.2) is 9.97 Å². The topological polar surface area (TPSA) is 95.4 Å². The Morgan fingerprint density at radius 1 is 1.31 bits per heavy atom. The number of anilines is 2. The fourth-order valence-corrected chi connectivity index (χ4v) is 3.28. The van der Waals surface area contributed by atoms with E-state index in [0.29, 0.717) is 41.7 Å². The highest BCUT2D eigenvalue weighted by molar-refractivity contribution is 7.98. The zero-order valence-electron chi connectivity index (χ0n) is 14.4. The lowest BCUT2D eigenvalue weighted by Gasteiger charge is -2.32. The molecule has 26 heavy (non-hydrogen) atoms. The van der Waals surface area contributed by atoms with Crippen molar-refractivity contribution in [3.8, 4) is 0 Å². The first-order valence-corrected chi connectivity index (χ1v) is 9.56. The van der Waals surface area contributed by atoms with Gasteiger partial charge in [0.1, 0.15) is 11.4 Å². The van der Waals surface area contributed by atoms with Crippen LogP contribution in [0.1, 0.15) is 23.2 Å². The number of para-hydroxylation sites is 1. The smallest absolute Gasteiger partial charge is 0.308 e. The standard InChI is InChI=1S/C18H20N4O3S/c1-26-18-19-10-14(16(23)20-13-7-3-2-4-8-13)15(21-18)22-9-5-6-12(11-22)17(24)25/h2-4,7-8,10,12H,5-6,9,11H2,1H3,(H,20,23)(H,24,25). The number of nitrogens with zero attached hydrogens (tertiary/aromatic N) is 3. The number of nitrogens with one attached hydrogen (secondary N) is 1. The van der Waals surface area contributed by atoms with Gasteiger partial charge in [0.15, 0.2) is 5.16 Å². The van der Waals surface area contributed by atoms with E-state index in [-0.39, 0.29) is 5.91 Å². The molecular formula is C18H20N4O3S. The van der Waals surface area contributed by atoms with Crippen LogP contribution in [0.4, 0.5) is 11.5 Å². The second kappa shape index (κ2) is 8.18. The summed E-state index contributed by atoms with van der Waals surface area (Å²) in [4.78, 5) is 34.7. The van der Waals surface area contributed by atoms with E-state index >= 15 is 0 Å². The van der Waals surface area contributed by atoms with E-state index in [2.05, 4.69) is 15.3 Å². The number of benzene rings is 1. The van der Waals surface area contributed by atoms with E-state index in [9.17, 15) is 14.7 Å². The van der Waals surface area contributed by atoms with E-state index in [1.54, 1.807) is 12.1 Å². The third kappa shape index (κ3) is 4.13. The lowest BCUT2D eigenvalue weighted by molar-refractivity contribution is -0.141. The van der Waals surface area contributed by atoms with Crippen LogP contribution in [0.15, 0.2) is 41.7 Å². The third-order valence-corrected chi connectivity index (χ3v) is 4.84. The Morgan fingerprint density at radius 2 is 2.08 bits per heavy atom. The molecule has 1 aliphatic heterocycles. The number of rotatable bonds is 5. The molecule has 1 saturated heterocycles. The molecule has 1 aliphatic rings. The SMILES string of the molecule is CSc1ncc(C(=O)Nc2ccccc2)c(N2CCCC(C(=O)O)C2)n1. The van der Waals surface area contributed by atoms with Crippen LogP contribution in [-0.2, 0) is 4.79 Å². The Morgan fingerprint density at radius 3 is 2.77 bits per heavy atom. The van der Waals surface area contributed by atoms with Crippen molar-refractivity contribution < 1.29 is 14.7 Å². The number of carbonyl (C=O) groups is 2. The van der Waals surface area contributed by atoms with Gasteiger partial charge in [0.2, 0.25) is 0 Å². The molecule has 0 radical (unpaired) electrons. The molecule has 136 valence electrons. The Hall–Kier alpha value is -2.61. The predicted molar refractivity (Wildman–Crippen MR) is 101 cm³/mol. The van der Waals surface area contributed by atoms with Gasteiger partial charge in [-0.3, -0.25) is 9.59 Å². The second-order valence-corrected chi connectivity index (χ2v) is 6.81. The van der Waals surface area contributed by atoms with Crippen LogP contribution in [0.25, 0.3) is 0 Å². The van der Waals surface area contributed by atoms with Gasteiger partial charge in [-0.15, -0.1) is 0 Å². The summed E-state index contributed by atoms with van der Waals surface area (Å²) in [6.07, 6.45) is 4.75. The molecule has 2 N–H and O–H groups in total. The predicted octanol–water partition coefficient (Wildman–Crippen LogP) is 2.75. The molecule has 1 fully saturated rings. The minimum Gasteiger partial charge on any atom is -0.481 e. The molecule has 0 aliphatic carbocycles. The van der Waals surface area contributed by atoms with Crippen molar-refractivity contribution in [2.75, 3.05) is 29.6 Å². The molecule has 1 aromatic heterocycles. The van der Waals surface area contributed by atoms with Gasteiger partial charge in [0, 0.05) is 25.0 Å². The van der Waals surface area contributed by atoms with Crippen molar-refractivity contribution in [2.45, 2.75) is 18.0 Å². The number of aromatic nitrogens is 2. The van der Waals surface area contributed by atoms with Crippen molar-refractivity contribution >= 4 is 35.1 Å². The maximum absolute atomic E-state index is 12.8. The molecule has 1 atom stereocenters. The van der Waals surface area contributed by atoms with Crippen molar-refractivity contribution in [3.63, 3.8) is 0 Å². The van der Waals surface area contributed by atoms with Crippen LogP contribution in [0.5, 0.6) is 0 Å². The number of thioether (sulfide) groups is 1. The Labute approximate surface area is 155 Å². The van der Waals surface area contributed by atoms with Gasteiger partial charge in [-0.05, 0) is 31.2 Å². The normalized spacial score (nSPS) is 17.0. The van der Waals surface area contributed by atoms with Gasteiger partial charge in [0.25, 0.3) is 5.91 Å². The highest BCUT2D eigenvalue weighted by Gasteiger charge is 2.29. The van der Waals surface area contributed by atoms with E-state index < -0.39 is 11.9 Å². The van der Waals surface area contributed by atoms with Crippen molar-refractivity contribution in [3.05, 3.63) is 42.1 Å². The number of piperidine rings is 1. The van der Waals surface area contributed by atoms with Crippen LogP contribution >= 0.6 is 11.8 Å². The number of carboxylic acid groups (broad SMARTS) is 1. The van der Waals surface area contributed by atoms with Crippen LogP contribution in [0.2, 0.25) is 0 Å². The van der Waals surface area contributed by atoms with E-state index in [0.717, 1.165) is 6.42 Å². The minimum atomic E-state index is -0.816. The van der Waals surface area contributed by atoms with E-state index in [4.69, 9.17) is 0 Å². The number of hydrogen-bond acceptors (Lipinski definition) is 6. The first-order valence-electron chi connectivity index (χ1n) is 8.33. The van der Waals surface area contributed by atoms with E-state index in [1.807, 2.05) is 29.4 Å². The molecule has 2 aromatic rings. The number of aliphatic carboxylic acids is 1. The summed E-state index contributed by atoms with van der Waals surface area (Å²) in [5, 5.41) is 12.7. The van der Waals surface area contributed by atoms with Crippen molar-refractivity contribution in [1.82, 2.24) is 9.97 Å². The number of hydrogen-bond donors (Lipinski definition) is 2. The summed E-state index contributed by atoms with van der Waals surface area (Å²) in [7, 11) is 0. The minimum absolute atomic E-state index is 0.309. The largest absolute Gasteiger partial charge is 0.481 e. The Balaban J connectivity index is 1.90. The molecule has 7 nitrogen and oxygen atoms in total. The van der Waals surface area contributed by atoms with Gasteiger partial charge in [-0.2, -0.15) is 0 Å². The summed E-state index contributed by atoms with van der Waals surface area (Å²) in [5.41, 5.74) is 1.03. The summed E-state index contributed by atoms with van der Waals surface area (Å²) >= 11 is 1.38. The Kier molecular flexibility index (Phi) is 5.72. The van der Waals surface area contributed by atoms with Crippen LogP contribution in [0.3, 0.4) is 0 Å². The van der Waals surface area contributed by atoms with Gasteiger partial charge in [0.05, 0.1) is 5.92 Å². The quantitative estimate of drug-likeness (QED) is 0.615. The fourth-order valence-electron chi connectivity index (χ4n) is 2.95. The van der Waals surface area contributed by atoms with Crippen molar-refractivity contribution in [1.29, 1.82) is 0 Å². The average molecular weight is 372 g/mol. The molecule has 0 saturated carbocycles. The third-order valence-electron chi connectivity index (χ3n) is 4.28. The number of carbonyl (C=O) groups excluding carboxylic acids is 1. The zero-order valence-corrected chi connectivity index (χ0v) is 15.2. The molecule has 0 spiro atoms. The van der Waals surface area contributed by atoms with Gasteiger partial charge >= 0.3 is 5.97 Å². The Bertz CT molecular complexity index is 800. The molecule has 0 bridgehead atoms. The lowest BCUT2D eigenvalue weighted by Crippen LogP contribution is -2.40. The molecule has 3 rings (SSSR count). The van der Waals surface area contributed by atoms with Gasteiger partial charge < -0.3 is 15.3 Å². The fraction of sp³-hybridized carbons (Fsp3) is 0.333. The highest BCUT2D eigenvalue weighted by atomic mass is 32.2. The maximum atomic E-state index is 12.8. The number of carboxylic acids is 1. The molecule has 1 unspecified atom stereocenters. The first kappa shape index (κ1) is 18.2. The summed E-state index contributed by atoms with van der Waals surface area (Å²) in [6.45, 7) is 1.01. The summed E-state index contributed by atoms with van der Waals surface area (Å²) < 4.78 is 0. The van der Waals surface area contributed by atoms with Crippen LogP contribution in [0, 0.1) is 5.92 Å². The van der Waals surface area contributed by atoms with E-state index in [1.165, 1.54) is 18.0 Å². The molecule has 2 heterocycles. The molecule has 8 heteroatoms. The second-order valence-electron chi connectivity index (χ2n) is 6.04. The lowest BCUT2D eigenvalue weighted by atomic mass is 9.98. The van der Waals surface area contributed by atoms with Crippen LogP contribution in [-0.4, -0.2) is 46.3 Å². The first-order chi connectivity index (χ1) is 12.6. The summed E-state index contributed by atoms with van der Waals surface area (Å²) in [5.74, 6) is -1.09. The zero-order chi connectivity index (χ0) is 18.5. The molecule has 1 aromatic carbocycles. The molecule has 1 amide bonds. The average Bonchev–Trinajstić information content (AvgIpc) is 2.68. The van der Waals surface area contributed by atoms with Crippen molar-refractivity contribution in [2.24, 2.45) is 5.92 Å². The molecular weight excluding hydrogens is 352 g/mol. The van der Waals surface area contributed by atoms with Crippen LogP contribution < -0.4 is 10.2 Å².